The lowest BCUT2D eigenvalue weighted by Crippen LogP contribution is -2.41. The van der Waals surface area contributed by atoms with Gasteiger partial charge in [-0.25, -0.2) is 0 Å². The molecule has 2 N–H and O–H groups in total. The Bertz CT molecular complexity index is 946. The number of rotatable bonds is 0. The van der Waals surface area contributed by atoms with Gasteiger partial charge in [0.1, 0.15) is 23.5 Å². The summed E-state index contributed by atoms with van der Waals surface area (Å²) in [5.74, 6) is 1.60. The van der Waals surface area contributed by atoms with Crippen molar-refractivity contribution in [3.63, 3.8) is 0 Å². The zero-order valence-electron chi connectivity index (χ0n) is 16.0. The highest BCUT2D eigenvalue weighted by Gasteiger charge is 2.57. The van der Waals surface area contributed by atoms with Gasteiger partial charge in [0.15, 0.2) is 0 Å². The molecule has 1 spiro atoms. The van der Waals surface area contributed by atoms with Gasteiger partial charge in [-0.2, -0.15) is 0 Å². The number of carbonyl (C=O) groups is 1. The molecule has 1 atom stereocenters. The second-order valence-electron chi connectivity index (χ2n) is 7.67. The normalized spacial score (nSPS) is 23.6. The molecule has 0 saturated carbocycles. The highest BCUT2D eigenvalue weighted by atomic mass is 16.5. The van der Waals surface area contributed by atoms with E-state index in [2.05, 4.69) is 6.07 Å². The monoisotopic (exact) mass is 380 g/mol. The number of likely N-dealkylation sites (N-methyl/N-ethyl adjacent to an activating group) is 1. The Kier molecular flexibility index (Phi) is 3.98. The molecule has 6 nitrogen and oxygen atoms in total. The highest BCUT2D eigenvalue weighted by molar-refractivity contribution is 6.12. The number of fused-ring (bicyclic) bond motifs is 5. The molecule has 28 heavy (non-hydrogen) atoms. The maximum absolute atomic E-state index is 13.2. The minimum atomic E-state index is -0.831. The van der Waals surface area contributed by atoms with E-state index in [1.165, 1.54) is 12.8 Å². The Morgan fingerprint density at radius 1 is 1.07 bits per heavy atom. The zero-order valence-corrected chi connectivity index (χ0v) is 16.0. The SMILES string of the molecule is C1CCOC1.CN1C(=O)C2(COc3cc4c(cc32)CCO4)c2c(N)cccc21. The summed E-state index contributed by atoms with van der Waals surface area (Å²) in [6, 6.07) is 9.65. The Morgan fingerprint density at radius 2 is 1.89 bits per heavy atom. The van der Waals surface area contributed by atoms with Crippen molar-refractivity contribution in [2.75, 3.05) is 44.1 Å². The van der Waals surface area contributed by atoms with Gasteiger partial charge in [-0.05, 0) is 36.6 Å². The van der Waals surface area contributed by atoms with Crippen LogP contribution in [-0.2, 0) is 21.4 Å². The van der Waals surface area contributed by atoms with Crippen LogP contribution in [0.2, 0.25) is 0 Å². The fraction of sp³-hybridized carbons (Fsp3) is 0.409. The number of nitrogen functional groups attached to an aromatic ring is 1. The maximum Gasteiger partial charge on any atom is 0.245 e. The van der Waals surface area contributed by atoms with Crippen molar-refractivity contribution >= 4 is 17.3 Å². The minimum Gasteiger partial charge on any atom is -0.493 e. The molecule has 146 valence electrons. The molecule has 4 aliphatic rings. The average molecular weight is 380 g/mol. The summed E-state index contributed by atoms with van der Waals surface area (Å²) >= 11 is 0. The molecule has 0 aliphatic carbocycles. The van der Waals surface area contributed by atoms with E-state index in [-0.39, 0.29) is 12.5 Å². The van der Waals surface area contributed by atoms with Gasteiger partial charge in [-0.15, -0.1) is 0 Å². The molecule has 1 unspecified atom stereocenters. The summed E-state index contributed by atoms with van der Waals surface area (Å²) in [4.78, 5) is 14.8. The van der Waals surface area contributed by atoms with Crippen molar-refractivity contribution in [1.82, 2.24) is 0 Å². The summed E-state index contributed by atoms with van der Waals surface area (Å²) in [7, 11) is 1.80. The molecule has 1 saturated heterocycles. The van der Waals surface area contributed by atoms with Gasteiger partial charge in [0.25, 0.3) is 0 Å². The van der Waals surface area contributed by atoms with Crippen LogP contribution < -0.4 is 20.1 Å². The lowest BCUT2D eigenvalue weighted by molar-refractivity contribution is -0.121. The fourth-order valence-corrected chi connectivity index (χ4v) is 4.62. The van der Waals surface area contributed by atoms with Gasteiger partial charge in [-0.1, -0.05) is 6.07 Å². The number of hydrogen-bond acceptors (Lipinski definition) is 5. The number of ether oxygens (including phenoxy) is 3. The van der Waals surface area contributed by atoms with Gasteiger partial charge >= 0.3 is 0 Å². The smallest absolute Gasteiger partial charge is 0.245 e. The van der Waals surface area contributed by atoms with Crippen LogP contribution in [0.25, 0.3) is 0 Å². The van der Waals surface area contributed by atoms with Gasteiger partial charge in [-0.3, -0.25) is 4.79 Å². The second kappa shape index (κ2) is 6.41. The Morgan fingerprint density at radius 3 is 2.64 bits per heavy atom. The number of hydrogen-bond donors (Lipinski definition) is 1. The first-order valence-electron chi connectivity index (χ1n) is 9.81. The van der Waals surface area contributed by atoms with Crippen LogP contribution in [0, 0.1) is 0 Å². The van der Waals surface area contributed by atoms with Crippen LogP contribution in [0.4, 0.5) is 11.4 Å². The predicted octanol–water partition coefficient (Wildman–Crippen LogP) is 2.66. The van der Waals surface area contributed by atoms with E-state index in [1.54, 1.807) is 11.9 Å². The Labute approximate surface area is 164 Å². The number of nitrogens with two attached hydrogens (primary N) is 1. The third-order valence-electron chi connectivity index (χ3n) is 6.06. The van der Waals surface area contributed by atoms with Crippen LogP contribution in [0.5, 0.6) is 11.5 Å². The summed E-state index contributed by atoms with van der Waals surface area (Å²) in [6.07, 6.45) is 3.42. The van der Waals surface area contributed by atoms with E-state index in [1.807, 2.05) is 24.3 Å². The van der Waals surface area contributed by atoms with E-state index in [0.717, 1.165) is 53.5 Å². The topological polar surface area (TPSA) is 74.0 Å². The Balaban J connectivity index is 0.000000300. The summed E-state index contributed by atoms with van der Waals surface area (Å²) in [5, 5.41) is 0. The van der Waals surface area contributed by atoms with Gasteiger partial charge in [0, 0.05) is 49.6 Å². The lowest BCUT2D eigenvalue weighted by Gasteiger charge is -2.22. The fourth-order valence-electron chi connectivity index (χ4n) is 4.62. The van der Waals surface area contributed by atoms with Crippen LogP contribution in [0.3, 0.4) is 0 Å². The number of benzene rings is 2. The molecule has 0 radical (unpaired) electrons. The van der Waals surface area contributed by atoms with Crippen LogP contribution in [0.1, 0.15) is 29.5 Å². The molecule has 1 fully saturated rings. The molecule has 4 aliphatic heterocycles. The van der Waals surface area contributed by atoms with E-state index in [9.17, 15) is 4.79 Å². The second-order valence-corrected chi connectivity index (χ2v) is 7.67. The standard InChI is InChI=1S/C18H16N2O3.C4H8O/c1-20-13-4-2-3-12(19)16(13)18(17(20)21)9-23-15-8-14-10(5-6-22-14)7-11(15)18;1-2-4-5-3-1/h2-4,7-8H,5-6,9,19H2,1H3;1-4H2. The van der Waals surface area contributed by atoms with Crippen molar-refractivity contribution in [3.05, 3.63) is 47.0 Å². The molecule has 1 amide bonds. The van der Waals surface area contributed by atoms with Crippen molar-refractivity contribution < 1.29 is 19.0 Å². The van der Waals surface area contributed by atoms with Gasteiger partial charge in [0.05, 0.1) is 12.3 Å². The largest absolute Gasteiger partial charge is 0.493 e. The highest BCUT2D eigenvalue weighted by Crippen LogP contribution is 2.55. The van der Waals surface area contributed by atoms with Crippen molar-refractivity contribution in [3.8, 4) is 11.5 Å². The molecule has 2 aromatic rings. The van der Waals surface area contributed by atoms with Crippen LogP contribution in [0.15, 0.2) is 30.3 Å². The first-order valence-corrected chi connectivity index (χ1v) is 9.81. The molecule has 4 heterocycles. The molecule has 6 heteroatoms. The molecule has 2 aromatic carbocycles. The van der Waals surface area contributed by atoms with Crippen LogP contribution in [-0.4, -0.2) is 39.4 Å². The predicted molar refractivity (Wildman–Crippen MR) is 106 cm³/mol. The van der Waals surface area contributed by atoms with Gasteiger partial charge < -0.3 is 24.8 Å². The molecule has 0 bridgehead atoms. The van der Waals surface area contributed by atoms with Crippen molar-refractivity contribution in [2.45, 2.75) is 24.7 Å². The number of amides is 1. The number of anilines is 2. The molecule has 0 aromatic heterocycles. The van der Waals surface area contributed by atoms with Gasteiger partial charge in [0.2, 0.25) is 5.91 Å². The van der Waals surface area contributed by atoms with Crippen molar-refractivity contribution in [1.29, 1.82) is 0 Å². The average Bonchev–Trinajstić information content (AvgIpc) is 3.48. The molecular formula is C22H24N2O4. The first kappa shape index (κ1) is 17.4. The number of carbonyl (C=O) groups excluding carboxylic acids is 1. The maximum atomic E-state index is 13.2. The number of nitrogens with zero attached hydrogens (tertiary/aromatic N) is 1. The van der Waals surface area contributed by atoms with Crippen molar-refractivity contribution in [2.24, 2.45) is 0 Å². The van der Waals surface area contributed by atoms with E-state index in [0.29, 0.717) is 12.3 Å². The Hall–Kier alpha value is -2.73. The lowest BCUT2D eigenvalue weighted by atomic mass is 9.76. The molecular weight excluding hydrogens is 356 g/mol. The minimum absolute atomic E-state index is 0.0167. The quantitative estimate of drug-likeness (QED) is 0.712. The molecule has 6 rings (SSSR count). The first-order chi connectivity index (χ1) is 13.6. The summed E-state index contributed by atoms with van der Waals surface area (Å²) in [6.45, 7) is 2.97. The van der Waals surface area contributed by atoms with E-state index >= 15 is 0 Å². The van der Waals surface area contributed by atoms with E-state index in [4.69, 9.17) is 19.9 Å². The third kappa shape index (κ3) is 2.34. The summed E-state index contributed by atoms with van der Waals surface area (Å²) < 4.78 is 16.5. The zero-order chi connectivity index (χ0) is 19.3. The summed E-state index contributed by atoms with van der Waals surface area (Å²) in [5.41, 5.74) is 9.84. The third-order valence-corrected chi connectivity index (χ3v) is 6.06. The van der Waals surface area contributed by atoms with E-state index < -0.39 is 5.41 Å². The van der Waals surface area contributed by atoms with Crippen LogP contribution >= 0.6 is 0 Å².